The topological polar surface area (TPSA) is 127 Å². The smallest absolute Gasteiger partial charge is 0.293 e. The lowest BCUT2D eigenvalue weighted by molar-refractivity contribution is -0.384. The van der Waals surface area contributed by atoms with Gasteiger partial charge in [-0.2, -0.15) is 4.31 Å². The monoisotopic (exact) mass is 495 g/mol. The van der Waals surface area contributed by atoms with E-state index >= 15 is 0 Å². The first-order valence-corrected chi connectivity index (χ1v) is 14.0. The Morgan fingerprint density at radius 2 is 1.67 bits per heavy atom. The van der Waals surface area contributed by atoms with Gasteiger partial charge in [0.05, 0.1) is 21.3 Å². The average Bonchev–Trinajstić information content (AvgIpc) is 2.73. The number of nitro benzene ring substituents is 1. The molecule has 1 heterocycles. The second kappa shape index (κ2) is 10.2. The van der Waals surface area contributed by atoms with Crippen molar-refractivity contribution in [3.05, 3.63) is 64.2 Å². The van der Waals surface area contributed by atoms with Crippen LogP contribution in [0, 0.1) is 22.0 Å². The van der Waals surface area contributed by atoms with Crippen molar-refractivity contribution < 1.29 is 21.8 Å². The number of rotatable bonds is 9. The van der Waals surface area contributed by atoms with Gasteiger partial charge in [0.25, 0.3) is 5.69 Å². The van der Waals surface area contributed by atoms with Gasteiger partial charge in [-0.15, -0.1) is 0 Å². The van der Waals surface area contributed by atoms with E-state index in [4.69, 9.17) is 0 Å². The van der Waals surface area contributed by atoms with Crippen molar-refractivity contribution in [2.45, 2.75) is 30.9 Å². The number of hydrogen-bond donors (Lipinski definition) is 1. The van der Waals surface area contributed by atoms with Gasteiger partial charge < -0.3 is 5.32 Å². The van der Waals surface area contributed by atoms with Crippen LogP contribution in [0.3, 0.4) is 0 Å². The molecule has 0 aromatic heterocycles. The Morgan fingerprint density at radius 1 is 1.03 bits per heavy atom. The van der Waals surface area contributed by atoms with E-state index in [9.17, 15) is 26.9 Å². The van der Waals surface area contributed by atoms with Gasteiger partial charge in [0, 0.05) is 25.7 Å². The van der Waals surface area contributed by atoms with Crippen molar-refractivity contribution in [3.63, 3.8) is 0 Å². The molecule has 0 amide bonds. The van der Waals surface area contributed by atoms with E-state index < -0.39 is 30.5 Å². The zero-order valence-corrected chi connectivity index (χ0v) is 20.3. The zero-order chi connectivity index (χ0) is 24.2. The highest BCUT2D eigenvalue weighted by Crippen LogP contribution is 2.31. The zero-order valence-electron chi connectivity index (χ0n) is 18.7. The van der Waals surface area contributed by atoms with Crippen LogP contribution >= 0.6 is 0 Å². The summed E-state index contributed by atoms with van der Waals surface area (Å²) in [5.41, 5.74) is 0.336. The third kappa shape index (κ3) is 6.52. The Morgan fingerprint density at radius 3 is 2.27 bits per heavy atom. The molecular weight excluding hydrogens is 466 g/mol. The number of sulfonamides is 1. The number of sulfone groups is 1. The van der Waals surface area contributed by atoms with E-state index in [0.29, 0.717) is 18.7 Å². The fourth-order valence-corrected chi connectivity index (χ4v) is 7.12. The molecule has 1 N–H and O–H groups in total. The molecule has 33 heavy (non-hydrogen) atoms. The molecular formula is C22H29N3O6S2. The predicted molar refractivity (Wildman–Crippen MR) is 127 cm³/mol. The lowest BCUT2D eigenvalue weighted by Crippen LogP contribution is -2.42. The summed E-state index contributed by atoms with van der Waals surface area (Å²) < 4.78 is 52.3. The fraction of sp³-hybridized carbons (Fsp3) is 0.455. The van der Waals surface area contributed by atoms with Crippen LogP contribution in [-0.2, 0) is 25.6 Å². The Bertz CT molecular complexity index is 1190. The number of anilines is 1. The van der Waals surface area contributed by atoms with Crippen LogP contribution in [0.25, 0.3) is 0 Å². The summed E-state index contributed by atoms with van der Waals surface area (Å²) >= 11 is 0. The van der Waals surface area contributed by atoms with E-state index in [2.05, 4.69) is 5.32 Å². The van der Waals surface area contributed by atoms with Gasteiger partial charge in [-0.3, -0.25) is 10.1 Å². The van der Waals surface area contributed by atoms with Crippen molar-refractivity contribution in [1.29, 1.82) is 0 Å². The predicted octanol–water partition coefficient (Wildman–Crippen LogP) is 3.29. The lowest BCUT2D eigenvalue weighted by atomic mass is 9.94. The maximum Gasteiger partial charge on any atom is 0.293 e. The number of hydrogen-bond acceptors (Lipinski definition) is 7. The minimum Gasteiger partial charge on any atom is -0.378 e. The first kappa shape index (κ1) is 25.1. The highest BCUT2D eigenvalue weighted by Gasteiger charge is 2.33. The lowest BCUT2D eigenvalue weighted by Gasteiger charge is -2.34. The third-order valence-corrected chi connectivity index (χ3v) is 9.02. The summed E-state index contributed by atoms with van der Waals surface area (Å²) in [5.74, 6) is 0.0685. The van der Waals surface area contributed by atoms with Crippen LogP contribution in [0.5, 0.6) is 0 Å². The Balaban J connectivity index is 1.73. The Kier molecular flexibility index (Phi) is 7.76. The number of piperidine rings is 1. The first-order chi connectivity index (χ1) is 15.5. The number of benzene rings is 2. The summed E-state index contributed by atoms with van der Waals surface area (Å²) in [7, 11) is -7.30. The maximum absolute atomic E-state index is 13.1. The average molecular weight is 496 g/mol. The molecule has 0 radical (unpaired) electrons. The van der Waals surface area contributed by atoms with Crippen LogP contribution in [0.2, 0.25) is 0 Å². The summed E-state index contributed by atoms with van der Waals surface area (Å²) in [4.78, 5) is 10.8. The van der Waals surface area contributed by atoms with Crippen molar-refractivity contribution in [3.8, 4) is 0 Å². The summed E-state index contributed by atoms with van der Waals surface area (Å²) in [6.45, 7) is 4.68. The molecule has 3 rings (SSSR count). The van der Waals surface area contributed by atoms with Gasteiger partial charge in [-0.05, 0) is 36.0 Å². The second-order valence-corrected chi connectivity index (χ2v) is 12.8. The summed E-state index contributed by atoms with van der Waals surface area (Å²) in [6, 6.07) is 12.4. The van der Waals surface area contributed by atoms with E-state index in [0.717, 1.165) is 12.5 Å². The largest absolute Gasteiger partial charge is 0.378 e. The molecule has 0 spiro atoms. The first-order valence-electron chi connectivity index (χ1n) is 10.7. The standard InChI is InChI=1S/C22H29N3O6S2/c1-17-12-18(2)15-24(14-17)33(30,31)20-8-9-21(22(13-20)25(26)27)23-10-11-32(28,29)16-19-6-4-3-5-7-19/h3-9,13,17-18,23H,10-12,14-16H2,1-2H3/t17-,18+. The molecule has 0 bridgehead atoms. The second-order valence-electron chi connectivity index (χ2n) is 8.71. The molecule has 180 valence electrons. The maximum atomic E-state index is 13.1. The molecule has 2 atom stereocenters. The fourth-order valence-electron chi connectivity index (χ4n) is 4.17. The third-order valence-electron chi connectivity index (χ3n) is 5.60. The van der Waals surface area contributed by atoms with Gasteiger partial charge in [0.2, 0.25) is 10.0 Å². The van der Waals surface area contributed by atoms with E-state index in [-0.39, 0.29) is 40.5 Å². The Labute approximate surface area is 194 Å². The quantitative estimate of drug-likeness (QED) is 0.418. The summed E-state index contributed by atoms with van der Waals surface area (Å²) in [6.07, 6.45) is 0.933. The number of nitrogens with zero attached hydrogens (tertiary/aromatic N) is 2. The van der Waals surface area contributed by atoms with Crippen molar-refractivity contribution in [2.24, 2.45) is 11.8 Å². The normalized spacial score (nSPS) is 19.8. The van der Waals surface area contributed by atoms with Gasteiger partial charge in [0.15, 0.2) is 9.84 Å². The van der Waals surface area contributed by atoms with Crippen LogP contribution in [0.15, 0.2) is 53.4 Å². The molecule has 1 fully saturated rings. The molecule has 0 aliphatic carbocycles. The van der Waals surface area contributed by atoms with E-state index in [1.165, 1.54) is 16.4 Å². The van der Waals surface area contributed by atoms with Gasteiger partial charge >= 0.3 is 0 Å². The molecule has 1 aliphatic heterocycles. The van der Waals surface area contributed by atoms with E-state index in [1.54, 1.807) is 30.3 Å². The van der Waals surface area contributed by atoms with Crippen LogP contribution in [0.4, 0.5) is 11.4 Å². The minimum atomic E-state index is -3.87. The van der Waals surface area contributed by atoms with E-state index in [1.807, 2.05) is 13.8 Å². The minimum absolute atomic E-state index is 0.0384. The van der Waals surface area contributed by atoms with Gasteiger partial charge in [-0.25, -0.2) is 16.8 Å². The Hall–Kier alpha value is -2.50. The van der Waals surface area contributed by atoms with Crippen molar-refractivity contribution >= 4 is 31.2 Å². The molecule has 0 saturated carbocycles. The van der Waals surface area contributed by atoms with Crippen molar-refractivity contribution in [2.75, 3.05) is 30.7 Å². The van der Waals surface area contributed by atoms with Crippen LogP contribution < -0.4 is 5.32 Å². The molecule has 11 heteroatoms. The van der Waals surface area contributed by atoms with Crippen LogP contribution in [0.1, 0.15) is 25.8 Å². The molecule has 0 unspecified atom stereocenters. The molecule has 9 nitrogen and oxygen atoms in total. The highest BCUT2D eigenvalue weighted by molar-refractivity contribution is 7.90. The molecule has 1 aliphatic rings. The molecule has 2 aromatic carbocycles. The number of nitro groups is 1. The highest BCUT2D eigenvalue weighted by atomic mass is 32.2. The van der Waals surface area contributed by atoms with Gasteiger partial charge in [0.1, 0.15) is 5.69 Å². The molecule has 2 aromatic rings. The number of nitrogens with one attached hydrogen (secondary N) is 1. The van der Waals surface area contributed by atoms with Crippen molar-refractivity contribution in [1.82, 2.24) is 4.31 Å². The van der Waals surface area contributed by atoms with Gasteiger partial charge in [-0.1, -0.05) is 44.2 Å². The SMILES string of the molecule is C[C@@H]1C[C@H](C)CN(S(=O)(=O)c2ccc(NCCS(=O)(=O)Cc3ccccc3)c([N+](=O)[O-])c2)C1. The summed E-state index contributed by atoms with van der Waals surface area (Å²) in [5, 5.41) is 14.4. The van der Waals surface area contributed by atoms with Crippen LogP contribution in [-0.4, -0.2) is 51.5 Å². The molecule has 1 saturated heterocycles.